The second-order valence-corrected chi connectivity index (χ2v) is 11.0. The van der Waals surface area contributed by atoms with Gasteiger partial charge in [-0.25, -0.2) is 5.43 Å². The van der Waals surface area contributed by atoms with E-state index in [0.717, 1.165) is 48.4 Å². The highest BCUT2D eigenvalue weighted by molar-refractivity contribution is 6.05. The van der Waals surface area contributed by atoms with Crippen LogP contribution in [0, 0.1) is 13.8 Å². The number of halogens is 3. The van der Waals surface area contributed by atoms with Gasteiger partial charge in [-0.15, -0.1) is 13.2 Å². The van der Waals surface area contributed by atoms with Gasteiger partial charge in [0, 0.05) is 80.8 Å². The fraction of sp³-hybridized carbons (Fsp3) is 0.419. The molecule has 4 rings (SSSR count). The van der Waals surface area contributed by atoms with Crippen molar-refractivity contribution in [1.29, 1.82) is 0 Å². The number of alkyl halides is 3. The number of likely N-dealkylation sites (tertiary alicyclic amines) is 1. The first-order valence-corrected chi connectivity index (χ1v) is 14.4. The van der Waals surface area contributed by atoms with Crippen LogP contribution in [0.4, 0.5) is 30.2 Å². The van der Waals surface area contributed by atoms with Gasteiger partial charge in [0.25, 0.3) is 5.91 Å². The maximum absolute atomic E-state index is 13.5. The highest BCUT2D eigenvalue weighted by Gasteiger charge is 2.32. The quantitative estimate of drug-likeness (QED) is 0.279. The van der Waals surface area contributed by atoms with E-state index in [1.807, 2.05) is 59.2 Å². The van der Waals surface area contributed by atoms with Crippen molar-refractivity contribution in [2.45, 2.75) is 39.1 Å². The number of anilines is 3. The Morgan fingerprint density at radius 3 is 2.39 bits per heavy atom. The van der Waals surface area contributed by atoms with E-state index in [0.29, 0.717) is 16.9 Å². The predicted molar refractivity (Wildman–Crippen MR) is 168 cm³/mol. The number of aromatic nitrogens is 2. The Morgan fingerprint density at radius 1 is 1.09 bits per heavy atom. The zero-order valence-corrected chi connectivity index (χ0v) is 26.2. The first kappa shape index (κ1) is 32.7. The Kier molecular flexibility index (Phi) is 10.1. The van der Waals surface area contributed by atoms with Crippen LogP contribution in [0.15, 0.2) is 48.8 Å². The Morgan fingerprint density at radius 2 is 1.80 bits per heavy atom. The van der Waals surface area contributed by atoms with Crippen molar-refractivity contribution in [3.63, 3.8) is 0 Å². The highest BCUT2D eigenvalue weighted by atomic mass is 19.4. The van der Waals surface area contributed by atoms with E-state index in [4.69, 9.17) is 0 Å². The lowest BCUT2D eigenvalue weighted by molar-refractivity contribution is -0.274. The molecule has 0 atom stereocenters. The van der Waals surface area contributed by atoms with Crippen LogP contribution in [0.25, 0.3) is 5.70 Å². The molecule has 10 nitrogen and oxygen atoms in total. The normalized spacial score (nSPS) is 14.8. The second kappa shape index (κ2) is 13.6. The van der Waals surface area contributed by atoms with E-state index in [1.54, 1.807) is 41.1 Å². The molecule has 0 bridgehead atoms. The predicted octanol–water partition coefficient (Wildman–Crippen LogP) is 4.88. The van der Waals surface area contributed by atoms with E-state index in [2.05, 4.69) is 30.8 Å². The summed E-state index contributed by atoms with van der Waals surface area (Å²) in [7, 11) is 9.35. The molecule has 44 heavy (non-hydrogen) atoms. The molecule has 13 heteroatoms. The number of carbonyl (C=O) groups excluding carboxylic acids is 1. The topological polar surface area (TPSA) is 89.9 Å². The molecule has 0 unspecified atom stereocenters. The van der Waals surface area contributed by atoms with Crippen molar-refractivity contribution >= 4 is 28.7 Å². The van der Waals surface area contributed by atoms with Crippen LogP contribution < -0.4 is 30.7 Å². The van der Waals surface area contributed by atoms with Gasteiger partial charge in [0.15, 0.2) is 0 Å². The van der Waals surface area contributed by atoms with Crippen molar-refractivity contribution in [2.24, 2.45) is 7.05 Å². The number of hydrogen-bond acceptors (Lipinski definition) is 8. The number of carbonyl (C=O) groups is 1. The lowest BCUT2D eigenvalue weighted by atomic mass is 10.0. The Labute approximate surface area is 256 Å². The third kappa shape index (κ3) is 7.83. The molecule has 1 amide bonds. The average molecular weight is 615 g/mol. The fourth-order valence-electron chi connectivity index (χ4n) is 5.27. The van der Waals surface area contributed by atoms with Gasteiger partial charge in [0.05, 0.1) is 17.6 Å². The van der Waals surface area contributed by atoms with Gasteiger partial charge < -0.3 is 25.2 Å². The van der Waals surface area contributed by atoms with E-state index in [-0.39, 0.29) is 11.7 Å². The summed E-state index contributed by atoms with van der Waals surface area (Å²) in [6.07, 6.45) is 0.519. The maximum Gasteiger partial charge on any atom is 0.573 e. The number of hydrazine groups is 1. The van der Waals surface area contributed by atoms with E-state index in [9.17, 15) is 18.0 Å². The molecule has 3 aromatic rings. The van der Waals surface area contributed by atoms with Gasteiger partial charge in [-0.05, 0) is 70.6 Å². The number of amides is 1. The number of nitrogens with one attached hydrogen (secondary N) is 3. The number of rotatable bonds is 10. The van der Waals surface area contributed by atoms with Gasteiger partial charge in [-0.1, -0.05) is 6.07 Å². The van der Waals surface area contributed by atoms with Crippen molar-refractivity contribution in [3.05, 3.63) is 71.2 Å². The van der Waals surface area contributed by atoms with Gasteiger partial charge in [0.1, 0.15) is 5.75 Å². The van der Waals surface area contributed by atoms with Gasteiger partial charge in [0.2, 0.25) is 0 Å². The molecule has 1 fully saturated rings. The molecule has 1 aromatic heterocycles. The molecule has 1 aliphatic rings. The summed E-state index contributed by atoms with van der Waals surface area (Å²) in [6, 6.07) is 9.58. The maximum atomic E-state index is 13.5. The fourth-order valence-corrected chi connectivity index (χ4v) is 5.27. The van der Waals surface area contributed by atoms with E-state index in [1.165, 1.54) is 12.1 Å². The molecule has 2 aromatic carbocycles. The van der Waals surface area contributed by atoms with Crippen LogP contribution in [0.3, 0.4) is 0 Å². The SMILES string of the molecule is CN/C(=C\N(NC)c1cc(C(=O)Nc2cc(OC(F)(F)F)cc(N(C)C3CCN(C)CC3)c2)ccc1C)c1cnn(C)c1C. The molecule has 0 aliphatic carbocycles. The Hall–Kier alpha value is -4.23. The summed E-state index contributed by atoms with van der Waals surface area (Å²) in [5, 5.41) is 12.1. The van der Waals surface area contributed by atoms with Gasteiger partial charge >= 0.3 is 6.36 Å². The van der Waals surface area contributed by atoms with Gasteiger partial charge in [-0.2, -0.15) is 5.10 Å². The summed E-state index contributed by atoms with van der Waals surface area (Å²) < 4.78 is 45.7. The Bertz CT molecular complexity index is 1500. The number of benzene rings is 2. The van der Waals surface area contributed by atoms with Crippen LogP contribution in [-0.2, 0) is 7.05 Å². The van der Waals surface area contributed by atoms with Gasteiger partial charge in [-0.3, -0.25) is 14.5 Å². The minimum absolute atomic E-state index is 0.147. The molecule has 1 aliphatic heterocycles. The zero-order valence-electron chi connectivity index (χ0n) is 26.2. The van der Waals surface area contributed by atoms with Crippen molar-refractivity contribution < 1.29 is 22.7 Å². The van der Waals surface area contributed by atoms with Crippen LogP contribution >= 0.6 is 0 Å². The summed E-state index contributed by atoms with van der Waals surface area (Å²) in [5.74, 6) is -0.869. The highest BCUT2D eigenvalue weighted by Crippen LogP contribution is 2.33. The van der Waals surface area contributed by atoms with Crippen LogP contribution in [0.1, 0.15) is 40.0 Å². The summed E-state index contributed by atoms with van der Waals surface area (Å²) in [4.78, 5) is 17.7. The number of piperidine rings is 1. The summed E-state index contributed by atoms with van der Waals surface area (Å²) >= 11 is 0. The number of aryl methyl sites for hydroxylation is 2. The lowest BCUT2D eigenvalue weighted by Gasteiger charge is -2.36. The standard InChI is InChI=1S/C31H41F3N8O2/c1-20-8-9-22(14-29(20)42(36-4)19-28(35-3)27-18-37-41(7)21(27)2)30(43)38-23-15-25(17-26(16-23)44-31(32,33)34)40(6)24-10-12-39(5)13-11-24/h8-9,14-19,24,35-36H,10-13H2,1-7H3,(H,38,43)/b28-19-. The molecule has 0 radical (unpaired) electrons. The smallest absolute Gasteiger partial charge is 0.406 e. The molecule has 0 spiro atoms. The Balaban J connectivity index is 1.63. The molecule has 238 valence electrons. The third-order valence-electron chi connectivity index (χ3n) is 8.05. The molecular weight excluding hydrogens is 573 g/mol. The first-order chi connectivity index (χ1) is 20.8. The van der Waals surface area contributed by atoms with Crippen LogP contribution in [-0.4, -0.2) is 74.3 Å². The second-order valence-electron chi connectivity index (χ2n) is 11.0. The number of nitrogens with zero attached hydrogens (tertiary/aromatic N) is 5. The van der Waals surface area contributed by atoms with E-state index < -0.39 is 18.0 Å². The minimum Gasteiger partial charge on any atom is -0.406 e. The van der Waals surface area contributed by atoms with Crippen molar-refractivity contribution in [3.8, 4) is 5.75 Å². The molecule has 2 heterocycles. The first-order valence-electron chi connectivity index (χ1n) is 14.4. The monoisotopic (exact) mass is 614 g/mol. The molecule has 1 saturated heterocycles. The molecule has 0 saturated carbocycles. The number of ether oxygens (including phenoxy) is 1. The van der Waals surface area contributed by atoms with Crippen molar-refractivity contribution in [1.82, 2.24) is 25.4 Å². The average Bonchev–Trinajstić information content (AvgIpc) is 3.30. The van der Waals surface area contributed by atoms with Crippen molar-refractivity contribution in [2.75, 3.05) is 56.5 Å². The van der Waals surface area contributed by atoms with E-state index >= 15 is 0 Å². The number of hydrogen-bond donors (Lipinski definition) is 3. The minimum atomic E-state index is -4.87. The summed E-state index contributed by atoms with van der Waals surface area (Å²) in [5.41, 5.74) is 8.51. The summed E-state index contributed by atoms with van der Waals surface area (Å²) in [6.45, 7) is 5.68. The lowest BCUT2D eigenvalue weighted by Crippen LogP contribution is -2.42. The third-order valence-corrected chi connectivity index (χ3v) is 8.05. The van der Waals surface area contributed by atoms with Crippen LogP contribution in [0.5, 0.6) is 5.75 Å². The molecular formula is C31H41F3N8O2. The largest absolute Gasteiger partial charge is 0.573 e. The van der Waals surface area contributed by atoms with Crippen LogP contribution in [0.2, 0.25) is 0 Å². The zero-order chi connectivity index (χ0) is 32.2. The molecule has 3 N–H and O–H groups in total.